The van der Waals surface area contributed by atoms with Crippen LogP contribution < -0.4 is 5.32 Å². The van der Waals surface area contributed by atoms with E-state index in [2.05, 4.69) is 49.4 Å². The lowest BCUT2D eigenvalue weighted by Crippen LogP contribution is -2.42. The Morgan fingerprint density at radius 2 is 2.00 bits per heavy atom. The summed E-state index contributed by atoms with van der Waals surface area (Å²) in [6, 6.07) is 4.41. The molecule has 2 aliphatic heterocycles. The van der Waals surface area contributed by atoms with Gasteiger partial charge in [-0.2, -0.15) is 5.10 Å². The number of pyridine rings is 1. The molecule has 0 saturated carbocycles. The predicted molar refractivity (Wildman–Crippen MR) is 136 cm³/mol. The fourth-order valence-corrected chi connectivity index (χ4v) is 5.14. The second-order valence-electron chi connectivity index (χ2n) is 9.71. The maximum atomic E-state index is 13.1. The van der Waals surface area contributed by atoms with Crippen molar-refractivity contribution in [3.8, 4) is 11.1 Å². The Bertz CT molecular complexity index is 1230. The third-order valence-corrected chi connectivity index (χ3v) is 7.02. The van der Waals surface area contributed by atoms with Crippen LogP contribution >= 0.6 is 0 Å². The van der Waals surface area contributed by atoms with Crippen LogP contribution in [0, 0.1) is 6.92 Å². The summed E-state index contributed by atoms with van der Waals surface area (Å²) in [6.45, 7) is 15.3. The zero-order valence-electron chi connectivity index (χ0n) is 20.9. The smallest absolute Gasteiger partial charge is 0.338 e. The second kappa shape index (κ2) is 9.87. The molecule has 0 spiro atoms. The quantitative estimate of drug-likeness (QED) is 0.543. The van der Waals surface area contributed by atoms with Crippen molar-refractivity contribution in [1.29, 1.82) is 0 Å². The highest BCUT2D eigenvalue weighted by Crippen LogP contribution is 2.34. The van der Waals surface area contributed by atoms with Gasteiger partial charge < -0.3 is 24.1 Å². The molecule has 2 fully saturated rings. The van der Waals surface area contributed by atoms with Crippen molar-refractivity contribution in [3.63, 3.8) is 0 Å². The summed E-state index contributed by atoms with van der Waals surface area (Å²) >= 11 is 0. The van der Waals surface area contributed by atoms with Crippen molar-refractivity contribution >= 4 is 17.2 Å². The van der Waals surface area contributed by atoms with Crippen LogP contribution in [0.4, 0.5) is 0 Å². The van der Waals surface area contributed by atoms with Crippen LogP contribution in [0.5, 0.6) is 0 Å². The first kappa shape index (κ1) is 23.6. The Balaban J connectivity index is 1.61. The van der Waals surface area contributed by atoms with E-state index < -0.39 is 0 Å². The van der Waals surface area contributed by atoms with Crippen molar-refractivity contribution in [1.82, 2.24) is 24.4 Å². The molecule has 2 aliphatic rings. The van der Waals surface area contributed by atoms with Gasteiger partial charge in [-0.3, -0.25) is 4.68 Å². The normalized spacial score (nSPS) is 17.3. The average Bonchev–Trinajstić information content (AvgIpc) is 3.51. The zero-order chi connectivity index (χ0) is 24.5. The summed E-state index contributed by atoms with van der Waals surface area (Å²) in [4.78, 5) is 15.4. The maximum absolute atomic E-state index is 13.1. The lowest BCUT2D eigenvalue weighted by atomic mass is 10.0. The molecule has 0 bridgehead atoms. The molecule has 35 heavy (non-hydrogen) atoms. The first-order chi connectivity index (χ1) is 16.9. The van der Waals surface area contributed by atoms with Crippen LogP contribution in [-0.2, 0) is 9.47 Å². The van der Waals surface area contributed by atoms with Gasteiger partial charge in [0, 0.05) is 62.9 Å². The molecule has 0 unspecified atom stereocenters. The first-order valence-electron chi connectivity index (χ1n) is 12.6. The first-order valence-corrected chi connectivity index (χ1v) is 12.6. The van der Waals surface area contributed by atoms with Crippen molar-refractivity contribution < 1.29 is 14.3 Å². The Kier molecular flexibility index (Phi) is 6.67. The van der Waals surface area contributed by atoms with Crippen molar-refractivity contribution in [2.45, 2.75) is 45.8 Å². The minimum Gasteiger partial charge on any atom is -0.459 e. The van der Waals surface area contributed by atoms with Crippen LogP contribution in [0.15, 0.2) is 37.3 Å². The molecule has 8 nitrogen and oxygen atoms in total. The molecule has 1 N–H and O–H groups in total. The maximum Gasteiger partial charge on any atom is 0.338 e. The van der Waals surface area contributed by atoms with Crippen LogP contribution in [-0.4, -0.2) is 70.5 Å². The van der Waals surface area contributed by atoms with E-state index in [9.17, 15) is 4.79 Å². The zero-order valence-corrected chi connectivity index (χ0v) is 20.9. The van der Waals surface area contributed by atoms with Gasteiger partial charge in [-0.1, -0.05) is 6.58 Å². The molecule has 5 heterocycles. The molecular weight excluding hydrogens is 442 g/mol. The van der Waals surface area contributed by atoms with Crippen LogP contribution in [0.3, 0.4) is 0 Å². The number of carbonyl (C=O) groups is 1. The molecule has 5 rings (SSSR count). The summed E-state index contributed by atoms with van der Waals surface area (Å²) in [7, 11) is 0. The number of nitrogens with one attached hydrogen (secondary N) is 1. The topological polar surface area (TPSA) is 73.0 Å². The number of nitrogens with zero attached hydrogens (tertiary/aromatic N) is 4. The standard InChI is InChI=1S/C27H35N5O3/c1-18(2)35-27(33)24-15-25-23(21-16-29-32(17-21)22-6-13-34-14-7-22)5-10-31(25)26(19(24)3)20(4)30-11-8-28-9-12-30/h5,10,15-18,22,28H,4,6-9,11-14H2,1-3H3. The van der Waals surface area contributed by atoms with E-state index in [0.29, 0.717) is 11.6 Å². The van der Waals surface area contributed by atoms with E-state index in [4.69, 9.17) is 9.47 Å². The number of hydrogen-bond acceptors (Lipinski definition) is 6. The average molecular weight is 478 g/mol. The molecule has 2 saturated heterocycles. The number of rotatable bonds is 6. The van der Waals surface area contributed by atoms with Crippen LogP contribution in [0.2, 0.25) is 0 Å². The lowest BCUT2D eigenvalue weighted by Gasteiger charge is -2.32. The van der Waals surface area contributed by atoms with Gasteiger partial charge in [0.2, 0.25) is 0 Å². The monoisotopic (exact) mass is 477 g/mol. The van der Waals surface area contributed by atoms with E-state index in [1.165, 1.54) is 0 Å². The number of aromatic nitrogens is 3. The molecule has 3 aromatic heterocycles. The van der Waals surface area contributed by atoms with E-state index in [1.807, 2.05) is 33.0 Å². The van der Waals surface area contributed by atoms with Gasteiger partial charge in [-0.15, -0.1) is 0 Å². The molecule has 8 heteroatoms. The molecule has 186 valence electrons. The Labute approximate surface area is 206 Å². The van der Waals surface area contributed by atoms with Gasteiger partial charge in [-0.05, 0) is 51.3 Å². The summed E-state index contributed by atoms with van der Waals surface area (Å²) in [5.41, 5.74) is 6.35. The fourth-order valence-electron chi connectivity index (χ4n) is 5.14. The van der Waals surface area contributed by atoms with Gasteiger partial charge in [0.1, 0.15) is 0 Å². The number of esters is 1. The second-order valence-corrected chi connectivity index (χ2v) is 9.71. The Morgan fingerprint density at radius 3 is 2.71 bits per heavy atom. The molecule has 0 atom stereocenters. The predicted octanol–water partition coefficient (Wildman–Crippen LogP) is 3.90. The molecule has 0 radical (unpaired) electrons. The largest absolute Gasteiger partial charge is 0.459 e. The molecule has 0 aliphatic carbocycles. The van der Waals surface area contributed by atoms with Gasteiger partial charge in [0.15, 0.2) is 0 Å². The van der Waals surface area contributed by atoms with Gasteiger partial charge in [0.25, 0.3) is 0 Å². The third kappa shape index (κ3) is 4.60. The van der Waals surface area contributed by atoms with Gasteiger partial charge in [-0.25, -0.2) is 4.79 Å². The highest BCUT2D eigenvalue weighted by atomic mass is 16.5. The highest BCUT2D eigenvalue weighted by molar-refractivity contribution is 5.96. The highest BCUT2D eigenvalue weighted by Gasteiger charge is 2.25. The summed E-state index contributed by atoms with van der Waals surface area (Å²) in [5.74, 6) is -0.306. The van der Waals surface area contributed by atoms with E-state index in [0.717, 1.165) is 85.8 Å². The van der Waals surface area contributed by atoms with E-state index in [-0.39, 0.29) is 12.1 Å². The molecule has 3 aromatic rings. The van der Waals surface area contributed by atoms with Crippen molar-refractivity contribution in [2.75, 3.05) is 39.4 Å². The SMILES string of the molecule is C=C(c1c(C)c(C(=O)OC(C)C)cc2c(-c3cnn(C4CCOCC4)c3)ccn12)N1CCNCC1. The number of piperazine rings is 1. The van der Waals surface area contributed by atoms with Crippen molar-refractivity contribution in [2.24, 2.45) is 0 Å². The molecule has 0 amide bonds. The molecule has 0 aromatic carbocycles. The van der Waals surface area contributed by atoms with Crippen molar-refractivity contribution in [3.05, 3.63) is 54.1 Å². The van der Waals surface area contributed by atoms with E-state index in [1.54, 1.807) is 0 Å². The fraction of sp³-hybridized carbons (Fsp3) is 0.481. The minimum absolute atomic E-state index is 0.193. The van der Waals surface area contributed by atoms with Crippen LogP contribution in [0.25, 0.3) is 22.3 Å². The Hall–Kier alpha value is -3.10. The van der Waals surface area contributed by atoms with E-state index >= 15 is 0 Å². The number of hydrogen-bond donors (Lipinski definition) is 1. The molecular formula is C27H35N5O3. The van der Waals surface area contributed by atoms with Gasteiger partial charge >= 0.3 is 5.97 Å². The third-order valence-electron chi connectivity index (χ3n) is 7.02. The number of fused-ring (bicyclic) bond motifs is 1. The number of carbonyl (C=O) groups excluding carboxylic acids is 1. The Morgan fingerprint density at radius 1 is 1.26 bits per heavy atom. The summed E-state index contributed by atoms with van der Waals surface area (Å²) < 4.78 is 15.4. The number of ether oxygens (including phenoxy) is 2. The summed E-state index contributed by atoms with van der Waals surface area (Å²) in [5, 5.41) is 8.07. The lowest BCUT2D eigenvalue weighted by molar-refractivity contribution is 0.0377. The minimum atomic E-state index is -0.306. The van der Waals surface area contributed by atoms with Crippen LogP contribution in [0.1, 0.15) is 54.3 Å². The van der Waals surface area contributed by atoms with Gasteiger partial charge in [0.05, 0.1) is 40.8 Å². The summed E-state index contributed by atoms with van der Waals surface area (Å²) in [6.07, 6.45) is 7.85.